The Morgan fingerprint density at radius 3 is 0.851 bits per heavy atom. The summed E-state index contributed by atoms with van der Waals surface area (Å²) in [6.07, 6.45) is 22.9. The first kappa shape index (κ1) is 65.5. The van der Waals surface area contributed by atoms with Crippen LogP contribution in [-0.4, -0.2) is 34.7 Å². The van der Waals surface area contributed by atoms with E-state index in [9.17, 15) is 28.8 Å². The molecule has 0 atom stereocenters. The summed E-state index contributed by atoms with van der Waals surface area (Å²) in [5.41, 5.74) is 4.70. The fourth-order valence-corrected chi connectivity index (χ4v) is 6.65. The quantitative estimate of drug-likeness (QED) is 0.160. The predicted octanol–water partition coefficient (Wildman–Crippen LogP) is 16.9. The van der Waals surface area contributed by atoms with Gasteiger partial charge < -0.3 is 0 Å². The van der Waals surface area contributed by atoms with Crippen molar-refractivity contribution in [1.29, 1.82) is 0 Å². The topological polar surface area (TPSA) is 102 Å². The van der Waals surface area contributed by atoms with Gasteiger partial charge in [0.15, 0.2) is 23.1 Å². The zero-order chi connectivity index (χ0) is 53.2. The molecule has 0 aromatic rings. The first-order valence-electron chi connectivity index (χ1n) is 25.1. The highest BCUT2D eigenvalue weighted by atomic mass is 16.2. The van der Waals surface area contributed by atoms with Crippen LogP contribution in [0, 0.1) is 43.3 Å². The van der Waals surface area contributed by atoms with Gasteiger partial charge in [-0.2, -0.15) is 0 Å². The largest absolute Gasteiger partial charge is 0.299 e. The SMILES string of the molecule is CC(C)(C)/C=C/C(=O)CC(=O)/C=C/C(C)(C)C.CC(C)(C)/C=C1\CC/C(=C\C(C)(C)C)C1=O.CC(C)(C)/C=C1\CCC/C(=C\C(C)(C)C)C1=O.CC(C)(C)CCC(=O)CC(=O)CCC(C)(C)C. The molecule has 382 valence electrons. The van der Waals surface area contributed by atoms with Crippen molar-refractivity contribution in [2.24, 2.45) is 43.3 Å². The summed E-state index contributed by atoms with van der Waals surface area (Å²) in [6.45, 7) is 50.5. The van der Waals surface area contributed by atoms with Crippen molar-refractivity contribution in [3.63, 3.8) is 0 Å². The molecule has 2 saturated carbocycles. The van der Waals surface area contributed by atoms with Gasteiger partial charge in [-0.25, -0.2) is 0 Å². The molecule has 0 aliphatic heterocycles. The van der Waals surface area contributed by atoms with Crippen LogP contribution in [0.15, 0.2) is 70.9 Å². The third-order valence-electron chi connectivity index (χ3n) is 9.74. The van der Waals surface area contributed by atoms with Gasteiger partial charge in [0.1, 0.15) is 11.6 Å². The minimum Gasteiger partial charge on any atom is -0.299 e. The Labute approximate surface area is 412 Å². The predicted molar refractivity (Wildman–Crippen MR) is 287 cm³/mol. The van der Waals surface area contributed by atoms with Gasteiger partial charge in [-0.3, -0.25) is 28.8 Å². The minimum absolute atomic E-state index is 0.0278. The maximum atomic E-state index is 12.3. The molecule has 0 bridgehead atoms. The molecule has 2 rings (SSSR count). The molecule has 0 radical (unpaired) electrons. The summed E-state index contributed by atoms with van der Waals surface area (Å²) in [5, 5.41) is 0. The summed E-state index contributed by atoms with van der Waals surface area (Å²) in [5.74, 6) is 0.468. The van der Waals surface area contributed by atoms with Crippen LogP contribution in [-0.2, 0) is 28.8 Å². The van der Waals surface area contributed by atoms with Gasteiger partial charge in [0, 0.05) is 12.8 Å². The molecule has 6 nitrogen and oxygen atoms in total. The van der Waals surface area contributed by atoms with Crippen LogP contribution in [0.5, 0.6) is 0 Å². The van der Waals surface area contributed by atoms with E-state index in [1.165, 1.54) is 12.2 Å². The first-order chi connectivity index (χ1) is 29.7. The van der Waals surface area contributed by atoms with Gasteiger partial charge in [-0.05, 0) is 123 Å². The van der Waals surface area contributed by atoms with E-state index in [2.05, 4.69) is 149 Å². The Morgan fingerprint density at radius 1 is 0.373 bits per heavy atom. The Morgan fingerprint density at radius 2 is 0.627 bits per heavy atom. The summed E-state index contributed by atoms with van der Waals surface area (Å²) >= 11 is 0. The van der Waals surface area contributed by atoms with Crippen molar-refractivity contribution in [2.75, 3.05) is 0 Å². The Balaban J connectivity index is 0. The number of Topliss-reactive ketones (excluding diaryl/α,β-unsaturated/α-hetero) is 4. The number of hydrogen-bond donors (Lipinski definition) is 0. The van der Waals surface area contributed by atoms with Gasteiger partial charge in [0.2, 0.25) is 0 Å². The molecule has 2 aliphatic rings. The van der Waals surface area contributed by atoms with E-state index in [4.69, 9.17) is 0 Å². The highest BCUT2D eigenvalue weighted by Gasteiger charge is 2.27. The van der Waals surface area contributed by atoms with Crippen molar-refractivity contribution in [1.82, 2.24) is 0 Å². The zero-order valence-corrected chi connectivity index (χ0v) is 47.8. The molecule has 0 N–H and O–H groups in total. The van der Waals surface area contributed by atoms with Crippen LogP contribution in [0.3, 0.4) is 0 Å². The smallest absolute Gasteiger partial charge is 0.184 e. The number of rotatable bonds is 10. The van der Waals surface area contributed by atoms with E-state index >= 15 is 0 Å². The molecular weight excluding hydrogens is 829 g/mol. The lowest BCUT2D eigenvalue weighted by Crippen LogP contribution is -2.17. The standard InChI is InChI=1S/C16H26O.C15H28O2.C15H24O2.C15H24O/c1-15(2,3)10-12-8-7-9-13(14(12)17)11-16(4,5)6;2*1-14(2,3)9-7-12(16)11-13(17)8-10-15(4,5)6;1-14(2,3)9-11-7-8-12(13(11)16)10-15(4,5)6/h10-11H,7-9H2,1-6H3;7-11H2,1-6H3;7-10H,11H2,1-6H3;9-10H,7-8H2,1-6H3/b12-10+,13-11+;;9-7+,10-8+;11-9+,12-10+. The summed E-state index contributed by atoms with van der Waals surface area (Å²) < 4.78 is 0. The highest BCUT2D eigenvalue weighted by molar-refractivity contribution is 6.11. The maximum absolute atomic E-state index is 12.3. The molecule has 67 heavy (non-hydrogen) atoms. The van der Waals surface area contributed by atoms with E-state index in [0.717, 1.165) is 67.2 Å². The van der Waals surface area contributed by atoms with Crippen LogP contribution in [0.2, 0.25) is 0 Å². The lowest BCUT2D eigenvalue weighted by molar-refractivity contribution is -0.128. The normalized spacial score (nSPS) is 18.2. The van der Waals surface area contributed by atoms with Crippen molar-refractivity contribution in [3.05, 3.63) is 70.9 Å². The van der Waals surface area contributed by atoms with E-state index in [0.29, 0.717) is 12.8 Å². The molecular formula is C61H102O6. The summed E-state index contributed by atoms with van der Waals surface area (Å²) in [7, 11) is 0. The molecule has 6 heteroatoms. The third-order valence-corrected chi connectivity index (χ3v) is 9.74. The molecule has 0 aromatic carbocycles. The summed E-state index contributed by atoms with van der Waals surface area (Å²) in [4.78, 5) is 70.6. The van der Waals surface area contributed by atoms with Crippen molar-refractivity contribution in [2.45, 2.75) is 237 Å². The summed E-state index contributed by atoms with van der Waals surface area (Å²) in [6, 6.07) is 0. The van der Waals surface area contributed by atoms with Crippen LogP contribution >= 0.6 is 0 Å². The Bertz CT molecular complexity index is 1710. The van der Waals surface area contributed by atoms with Gasteiger partial charge in [-0.1, -0.05) is 203 Å². The van der Waals surface area contributed by atoms with Crippen LogP contribution in [0.1, 0.15) is 237 Å². The van der Waals surface area contributed by atoms with Gasteiger partial charge in [0.05, 0.1) is 12.8 Å². The molecule has 0 unspecified atom stereocenters. The zero-order valence-electron chi connectivity index (χ0n) is 47.8. The van der Waals surface area contributed by atoms with E-state index < -0.39 is 0 Å². The number of carbonyl (C=O) groups excluding carboxylic acids is 6. The monoisotopic (exact) mass is 931 g/mol. The van der Waals surface area contributed by atoms with E-state index in [1.54, 1.807) is 0 Å². The van der Waals surface area contributed by atoms with Crippen LogP contribution < -0.4 is 0 Å². The molecule has 0 aromatic heterocycles. The van der Waals surface area contributed by atoms with Gasteiger partial charge in [-0.15, -0.1) is 0 Å². The molecule has 0 heterocycles. The van der Waals surface area contributed by atoms with E-state index in [-0.39, 0.29) is 90.9 Å². The van der Waals surface area contributed by atoms with Crippen molar-refractivity contribution >= 4 is 34.7 Å². The number of hydrogen-bond acceptors (Lipinski definition) is 6. The van der Waals surface area contributed by atoms with Crippen LogP contribution in [0.4, 0.5) is 0 Å². The van der Waals surface area contributed by atoms with E-state index in [1.807, 2.05) is 53.7 Å². The fraction of sp³-hybridized carbons (Fsp3) is 0.705. The molecule has 2 aliphatic carbocycles. The second kappa shape index (κ2) is 27.0. The number of carbonyl (C=O) groups is 6. The lowest BCUT2D eigenvalue weighted by atomic mass is 9.81. The average Bonchev–Trinajstić information content (AvgIpc) is 3.40. The maximum Gasteiger partial charge on any atom is 0.184 e. The second-order valence-electron chi connectivity index (χ2n) is 28.0. The molecule has 0 saturated heterocycles. The Kier molecular flexibility index (Phi) is 26.4. The molecule has 2 fully saturated rings. The highest BCUT2D eigenvalue weighted by Crippen LogP contribution is 2.34. The average molecular weight is 931 g/mol. The number of allylic oxidation sites excluding steroid dienone is 12. The Hall–Kier alpha value is -3.54. The van der Waals surface area contributed by atoms with Gasteiger partial charge in [0.25, 0.3) is 0 Å². The molecule has 0 amide bonds. The van der Waals surface area contributed by atoms with Crippen molar-refractivity contribution < 1.29 is 28.8 Å². The van der Waals surface area contributed by atoms with Gasteiger partial charge >= 0.3 is 0 Å². The third kappa shape index (κ3) is 40.1. The second-order valence-corrected chi connectivity index (χ2v) is 28.0. The number of ketones is 6. The molecule has 0 spiro atoms. The van der Waals surface area contributed by atoms with Crippen LogP contribution in [0.25, 0.3) is 0 Å². The lowest BCUT2D eigenvalue weighted by Gasteiger charge is -2.23. The fourth-order valence-electron chi connectivity index (χ4n) is 6.65. The first-order valence-corrected chi connectivity index (χ1v) is 25.1. The minimum atomic E-state index is -0.136. The van der Waals surface area contributed by atoms with Crippen molar-refractivity contribution in [3.8, 4) is 0 Å².